The van der Waals surface area contributed by atoms with Gasteiger partial charge in [-0.2, -0.15) is 0 Å². The summed E-state index contributed by atoms with van der Waals surface area (Å²) in [5, 5.41) is 16.5. The van der Waals surface area contributed by atoms with Crippen LogP contribution in [0.1, 0.15) is 17.5 Å². The molecule has 1 aromatic heterocycles. The van der Waals surface area contributed by atoms with E-state index in [9.17, 15) is 10.0 Å². The first kappa shape index (κ1) is 24.7. The van der Waals surface area contributed by atoms with Crippen LogP contribution in [-0.4, -0.2) is 41.5 Å². The first-order valence-corrected chi connectivity index (χ1v) is 10.6. The lowest BCUT2D eigenvalue weighted by Crippen LogP contribution is -2.33. The molecule has 0 aliphatic heterocycles. The molecule has 0 radical (unpaired) electrons. The largest absolute Gasteiger partial charge is 0.492 e. The van der Waals surface area contributed by atoms with Crippen molar-refractivity contribution in [3.8, 4) is 5.75 Å². The molecule has 7 nitrogen and oxygen atoms in total. The second-order valence-electron chi connectivity index (χ2n) is 6.84. The van der Waals surface area contributed by atoms with Crippen molar-refractivity contribution in [1.29, 1.82) is 0 Å². The van der Waals surface area contributed by atoms with Crippen molar-refractivity contribution < 1.29 is 14.7 Å². The van der Waals surface area contributed by atoms with Crippen molar-refractivity contribution in [3.63, 3.8) is 0 Å². The highest BCUT2D eigenvalue weighted by atomic mass is 79.9. The minimum Gasteiger partial charge on any atom is -0.492 e. The highest BCUT2D eigenvalue weighted by molar-refractivity contribution is 9.10. The molecule has 3 aromatic rings. The van der Waals surface area contributed by atoms with Crippen molar-refractivity contribution in [2.45, 2.75) is 19.3 Å². The fourth-order valence-electron chi connectivity index (χ4n) is 3.14. The summed E-state index contributed by atoms with van der Waals surface area (Å²) in [6.07, 6.45) is 3.60. The van der Waals surface area contributed by atoms with Gasteiger partial charge < -0.3 is 26.0 Å². The van der Waals surface area contributed by atoms with Crippen molar-refractivity contribution in [3.05, 3.63) is 64.3 Å². The molecule has 2 aromatic carbocycles. The first-order valence-electron chi connectivity index (χ1n) is 9.77. The van der Waals surface area contributed by atoms with Crippen LogP contribution in [0.5, 0.6) is 5.75 Å². The van der Waals surface area contributed by atoms with Gasteiger partial charge in [0.2, 0.25) is 0 Å². The summed E-state index contributed by atoms with van der Waals surface area (Å²) in [5.74, 6) is 0.314. The van der Waals surface area contributed by atoms with Crippen LogP contribution in [0.25, 0.3) is 10.9 Å². The second-order valence-corrected chi connectivity index (χ2v) is 7.70. The summed E-state index contributed by atoms with van der Waals surface area (Å²) in [7, 11) is 0. The number of carbonyl (C=O) groups excluding carboxylic acids is 1. The third-order valence-electron chi connectivity index (χ3n) is 4.71. The number of aromatic nitrogens is 1. The number of hydrogen-bond donors (Lipinski definition) is 4. The number of hydrogen-bond acceptors (Lipinski definition) is 5. The molecule has 5 N–H and O–H groups in total. The quantitative estimate of drug-likeness (QED) is 0.144. The molecule has 0 atom stereocenters. The Kier molecular flexibility index (Phi) is 9.84. The van der Waals surface area contributed by atoms with E-state index in [1.165, 1.54) is 0 Å². The molecule has 9 heteroatoms. The van der Waals surface area contributed by atoms with Gasteiger partial charge >= 0.3 is 0 Å². The average molecular weight is 510 g/mol. The predicted molar refractivity (Wildman–Crippen MR) is 128 cm³/mol. The van der Waals surface area contributed by atoms with Gasteiger partial charge in [-0.25, -0.2) is 0 Å². The molecule has 0 aliphatic carbocycles. The van der Waals surface area contributed by atoms with Gasteiger partial charge in [0.15, 0.2) is 0 Å². The number of carbonyl (C=O) groups is 1. The van der Waals surface area contributed by atoms with Crippen LogP contribution in [0.4, 0.5) is 0 Å². The zero-order chi connectivity index (χ0) is 21.3. The Balaban J connectivity index is 0.00000341. The predicted octanol–water partition coefficient (Wildman–Crippen LogP) is 3.81. The molecule has 0 fully saturated rings. The Morgan fingerprint density at radius 2 is 2.06 bits per heavy atom. The lowest BCUT2D eigenvalue weighted by atomic mass is 10.1. The zero-order valence-electron chi connectivity index (χ0n) is 16.9. The molecule has 0 saturated carbocycles. The van der Waals surface area contributed by atoms with Crippen molar-refractivity contribution >= 4 is 50.9 Å². The molecule has 3 rings (SSSR count). The van der Waals surface area contributed by atoms with Crippen molar-refractivity contribution in [1.82, 2.24) is 10.3 Å². The van der Waals surface area contributed by atoms with Crippen LogP contribution in [-0.2, 0) is 17.6 Å². The molecule has 1 amide bonds. The number of oxime groups is 1. The summed E-state index contributed by atoms with van der Waals surface area (Å²) in [5.41, 5.74) is 8.55. The molecule has 0 saturated heterocycles. The molecular weight excluding hydrogens is 484 g/mol. The number of nitrogens with two attached hydrogens (primary N) is 1. The van der Waals surface area contributed by atoms with E-state index in [0.29, 0.717) is 31.9 Å². The van der Waals surface area contributed by atoms with E-state index in [1.807, 2.05) is 48.7 Å². The topological polar surface area (TPSA) is 113 Å². The lowest BCUT2D eigenvalue weighted by molar-refractivity contribution is -0.115. The molecular formula is C22H26BrClN4O3. The van der Waals surface area contributed by atoms with Crippen LogP contribution in [0.3, 0.4) is 0 Å². The van der Waals surface area contributed by atoms with Gasteiger partial charge in [0.05, 0.1) is 11.1 Å². The van der Waals surface area contributed by atoms with Crippen molar-refractivity contribution in [2.24, 2.45) is 10.9 Å². The molecule has 31 heavy (non-hydrogen) atoms. The number of para-hydroxylation sites is 1. The number of fused-ring (bicyclic) bond motifs is 1. The highest BCUT2D eigenvalue weighted by Crippen LogP contribution is 2.26. The van der Waals surface area contributed by atoms with Crippen LogP contribution in [0, 0.1) is 0 Å². The van der Waals surface area contributed by atoms with E-state index in [0.717, 1.165) is 32.9 Å². The van der Waals surface area contributed by atoms with Gasteiger partial charge in [-0.1, -0.05) is 29.4 Å². The van der Waals surface area contributed by atoms with E-state index in [4.69, 9.17) is 10.5 Å². The molecule has 0 unspecified atom stereocenters. The minimum atomic E-state index is -0.392. The Hall–Kier alpha value is -2.55. The zero-order valence-corrected chi connectivity index (χ0v) is 19.3. The third-order valence-corrected chi connectivity index (χ3v) is 5.33. The molecule has 0 aliphatic rings. The van der Waals surface area contributed by atoms with Crippen LogP contribution < -0.4 is 15.8 Å². The van der Waals surface area contributed by atoms with Crippen LogP contribution in [0.2, 0.25) is 0 Å². The Morgan fingerprint density at radius 1 is 1.26 bits per heavy atom. The first-order chi connectivity index (χ1) is 14.6. The SMILES string of the molecule is Cl.NCCCOc1ccc(C/C(=N/O)C(=O)NCCc2c[nH]c3ccccc23)cc1Br. The van der Waals surface area contributed by atoms with E-state index >= 15 is 0 Å². The Morgan fingerprint density at radius 3 is 2.81 bits per heavy atom. The molecule has 166 valence electrons. The van der Waals surface area contributed by atoms with Gasteiger partial charge in [-0.15, -0.1) is 12.4 Å². The fourth-order valence-corrected chi connectivity index (χ4v) is 3.68. The van der Waals surface area contributed by atoms with Gasteiger partial charge in [-0.05, 0) is 64.6 Å². The highest BCUT2D eigenvalue weighted by Gasteiger charge is 2.14. The maximum Gasteiger partial charge on any atom is 0.269 e. The maximum absolute atomic E-state index is 12.4. The third kappa shape index (κ3) is 6.72. The average Bonchev–Trinajstić information content (AvgIpc) is 3.16. The smallest absolute Gasteiger partial charge is 0.269 e. The van der Waals surface area contributed by atoms with Crippen LogP contribution >= 0.6 is 28.3 Å². The summed E-state index contributed by atoms with van der Waals surface area (Å²) in [4.78, 5) is 15.7. The van der Waals surface area contributed by atoms with Gasteiger partial charge in [0.25, 0.3) is 5.91 Å². The van der Waals surface area contributed by atoms with E-state index in [-0.39, 0.29) is 24.5 Å². The number of nitrogens with zero attached hydrogens (tertiary/aromatic N) is 1. The van der Waals surface area contributed by atoms with Gasteiger partial charge in [0, 0.05) is 30.1 Å². The number of aromatic amines is 1. The van der Waals surface area contributed by atoms with Crippen LogP contribution in [0.15, 0.2) is 58.3 Å². The molecule has 0 spiro atoms. The number of H-pyrrole nitrogens is 1. The summed E-state index contributed by atoms with van der Waals surface area (Å²) in [6, 6.07) is 13.5. The van der Waals surface area contributed by atoms with E-state index < -0.39 is 5.91 Å². The Labute approximate surface area is 195 Å². The normalized spacial score (nSPS) is 11.2. The summed E-state index contributed by atoms with van der Waals surface area (Å²) in [6.45, 7) is 1.55. The fraction of sp³-hybridized carbons (Fsp3) is 0.273. The standard InChI is InChI=1S/C22H25BrN4O3.ClH/c23-18-12-15(6-7-21(18)30-11-3-9-24)13-20(27-29)22(28)25-10-8-16-14-26-19-5-2-1-4-17(16)19;/h1-2,4-7,12,14,26,29H,3,8-11,13,24H2,(H,25,28);1H/b27-20-;. The monoisotopic (exact) mass is 508 g/mol. The second kappa shape index (κ2) is 12.3. The minimum absolute atomic E-state index is 0. The number of ether oxygens (including phenoxy) is 1. The number of halogens is 2. The van der Waals surface area contributed by atoms with E-state index in [1.54, 1.807) is 0 Å². The Bertz CT molecular complexity index is 1040. The van der Waals surface area contributed by atoms with Crippen molar-refractivity contribution in [2.75, 3.05) is 19.7 Å². The molecule has 1 heterocycles. The van der Waals surface area contributed by atoms with Gasteiger partial charge in [-0.3, -0.25) is 4.79 Å². The van der Waals surface area contributed by atoms with Gasteiger partial charge in [0.1, 0.15) is 11.5 Å². The maximum atomic E-state index is 12.4. The summed E-state index contributed by atoms with van der Waals surface area (Å²) >= 11 is 3.47. The number of amides is 1. The lowest BCUT2D eigenvalue weighted by Gasteiger charge is -2.10. The molecule has 0 bridgehead atoms. The summed E-state index contributed by atoms with van der Waals surface area (Å²) < 4.78 is 6.41. The number of nitrogens with one attached hydrogen (secondary N) is 2. The number of benzene rings is 2. The number of rotatable bonds is 10. The van der Waals surface area contributed by atoms with E-state index in [2.05, 4.69) is 31.4 Å².